The average Bonchev–Trinajstić information content (AvgIpc) is 3.21. The number of aryl methyl sites for hydroxylation is 1. The Morgan fingerprint density at radius 2 is 1.92 bits per heavy atom. The molecule has 3 rings (SSSR count). The van der Waals surface area contributed by atoms with E-state index in [0.29, 0.717) is 10.8 Å². The summed E-state index contributed by atoms with van der Waals surface area (Å²) >= 11 is 2.45. The minimum absolute atomic E-state index is 0.163. The van der Waals surface area contributed by atoms with Gasteiger partial charge in [-0.15, -0.1) is 21.5 Å². The fraction of sp³-hybridized carbons (Fsp3) is 0.133. The van der Waals surface area contributed by atoms with E-state index < -0.39 is 10.0 Å². The predicted octanol–water partition coefficient (Wildman–Crippen LogP) is 2.89. The van der Waals surface area contributed by atoms with Crippen LogP contribution in [0.5, 0.6) is 0 Å². The van der Waals surface area contributed by atoms with Crippen molar-refractivity contribution in [3.63, 3.8) is 0 Å². The highest BCUT2D eigenvalue weighted by atomic mass is 32.2. The zero-order valence-electron chi connectivity index (χ0n) is 13.1. The molecule has 0 unspecified atom stereocenters. The Kier molecular flexibility index (Phi) is 5.11. The number of hydrogen-bond donors (Lipinski definition) is 2. The molecule has 2 aromatic heterocycles. The molecule has 1 aromatic carbocycles. The Morgan fingerprint density at radius 1 is 1.16 bits per heavy atom. The molecule has 0 aliphatic carbocycles. The highest BCUT2D eigenvalue weighted by molar-refractivity contribution is 7.94. The largest absolute Gasteiger partial charge is 0.300 e. The van der Waals surface area contributed by atoms with Crippen LogP contribution in [0.25, 0.3) is 0 Å². The Morgan fingerprint density at radius 3 is 2.52 bits per heavy atom. The summed E-state index contributed by atoms with van der Waals surface area (Å²) in [6.07, 6.45) is 0.163. The van der Waals surface area contributed by atoms with Crippen LogP contribution in [-0.2, 0) is 21.2 Å². The molecule has 0 aliphatic heterocycles. The monoisotopic (exact) mass is 394 g/mol. The summed E-state index contributed by atoms with van der Waals surface area (Å²) in [5.41, 5.74) is 1.20. The van der Waals surface area contributed by atoms with E-state index >= 15 is 0 Å². The smallest absolute Gasteiger partial charge is 0.271 e. The fourth-order valence-electron chi connectivity index (χ4n) is 2.01. The molecular weight excluding hydrogens is 380 g/mol. The van der Waals surface area contributed by atoms with E-state index in [1.165, 1.54) is 11.3 Å². The summed E-state index contributed by atoms with van der Waals surface area (Å²) in [5.74, 6) is -0.205. The Hall–Kier alpha value is -2.30. The van der Waals surface area contributed by atoms with E-state index in [4.69, 9.17) is 0 Å². The van der Waals surface area contributed by atoms with Gasteiger partial charge < -0.3 is 5.32 Å². The van der Waals surface area contributed by atoms with E-state index in [1.54, 1.807) is 41.8 Å². The molecule has 2 heterocycles. The standard InChI is InChI=1S/C15H14N4O3S3/c1-10-17-18-15(24-10)16-13(20)9-11-4-6-12(7-5-11)19-25(21,22)14-3-2-8-23-14/h2-8,19H,9H2,1H3,(H,16,18,20). The van der Waals surface area contributed by atoms with E-state index in [-0.39, 0.29) is 16.5 Å². The molecule has 3 aromatic rings. The summed E-state index contributed by atoms with van der Waals surface area (Å²) in [6.45, 7) is 1.81. The lowest BCUT2D eigenvalue weighted by Crippen LogP contribution is -2.14. The van der Waals surface area contributed by atoms with Crippen LogP contribution >= 0.6 is 22.7 Å². The number of thiophene rings is 1. The lowest BCUT2D eigenvalue weighted by atomic mass is 10.1. The van der Waals surface area contributed by atoms with Crippen LogP contribution in [0, 0.1) is 6.92 Å². The molecule has 0 aliphatic rings. The average molecular weight is 395 g/mol. The summed E-state index contributed by atoms with van der Waals surface area (Å²) < 4.78 is 27.1. The minimum Gasteiger partial charge on any atom is -0.300 e. The van der Waals surface area contributed by atoms with Crippen LogP contribution in [0.1, 0.15) is 10.6 Å². The topological polar surface area (TPSA) is 101 Å². The minimum atomic E-state index is -3.57. The number of carbonyl (C=O) groups excluding carboxylic acids is 1. The van der Waals surface area contributed by atoms with Crippen molar-refractivity contribution in [2.75, 3.05) is 10.0 Å². The molecular formula is C15H14N4O3S3. The summed E-state index contributed by atoms with van der Waals surface area (Å²) in [7, 11) is -3.57. The number of anilines is 2. The number of aromatic nitrogens is 2. The maximum absolute atomic E-state index is 12.2. The van der Waals surface area contributed by atoms with Crippen molar-refractivity contribution in [3.05, 3.63) is 52.3 Å². The first-order valence-corrected chi connectivity index (χ1v) is 10.4. The number of rotatable bonds is 6. The van der Waals surface area contributed by atoms with E-state index in [2.05, 4.69) is 20.2 Å². The van der Waals surface area contributed by atoms with Gasteiger partial charge >= 0.3 is 0 Å². The first-order valence-electron chi connectivity index (χ1n) is 7.17. The highest BCUT2D eigenvalue weighted by Gasteiger charge is 2.15. The number of sulfonamides is 1. The lowest BCUT2D eigenvalue weighted by molar-refractivity contribution is -0.115. The van der Waals surface area contributed by atoms with E-state index in [9.17, 15) is 13.2 Å². The third-order valence-corrected chi connectivity index (χ3v) is 6.64. The maximum atomic E-state index is 12.2. The molecule has 1 amide bonds. The molecule has 10 heteroatoms. The van der Waals surface area contributed by atoms with Crippen molar-refractivity contribution < 1.29 is 13.2 Å². The van der Waals surface area contributed by atoms with Gasteiger partial charge in [0.05, 0.1) is 6.42 Å². The van der Waals surface area contributed by atoms with Crippen molar-refractivity contribution in [1.29, 1.82) is 0 Å². The van der Waals surface area contributed by atoms with Crippen molar-refractivity contribution in [1.82, 2.24) is 10.2 Å². The van der Waals surface area contributed by atoms with Crippen LogP contribution in [-0.4, -0.2) is 24.5 Å². The third-order valence-electron chi connectivity index (χ3n) is 3.10. The highest BCUT2D eigenvalue weighted by Crippen LogP contribution is 2.20. The van der Waals surface area contributed by atoms with Gasteiger partial charge in [-0.3, -0.25) is 9.52 Å². The maximum Gasteiger partial charge on any atom is 0.271 e. The number of amides is 1. The van der Waals surface area contributed by atoms with Crippen LogP contribution < -0.4 is 10.0 Å². The summed E-state index contributed by atoms with van der Waals surface area (Å²) in [5, 5.41) is 13.3. The molecule has 0 fully saturated rings. The first kappa shape index (κ1) is 17.5. The van der Waals surface area contributed by atoms with Gasteiger partial charge in [0.15, 0.2) is 0 Å². The SMILES string of the molecule is Cc1nnc(NC(=O)Cc2ccc(NS(=O)(=O)c3cccs3)cc2)s1. The van der Waals surface area contributed by atoms with Gasteiger partial charge in [0.25, 0.3) is 10.0 Å². The Balaban J connectivity index is 1.61. The fourth-order valence-corrected chi connectivity index (χ4v) is 4.67. The molecule has 0 bridgehead atoms. The molecule has 7 nitrogen and oxygen atoms in total. The van der Waals surface area contributed by atoms with Gasteiger partial charge in [-0.25, -0.2) is 8.42 Å². The molecule has 130 valence electrons. The zero-order valence-corrected chi connectivity index (χ0v) is 15.5. The second-order valence-electron chi connectivity index (χ2n) is 5.09. The molecule has 0 radical (unpaired) electrons. The van der Waals surface area contributed by atoms with E-state index in [0.717, 1.165) is 21.9 Å². The van der Waals surface area contributed by atoms with Crippen molar-refractivity contribution >= 4 is 49.4 Å². The van der Waals surface area contributed by atoms with E-state index in [1.807, 2.05) is 6.92 Å². The van der Waals surface area contributed by atoms with Crippen LogP contribution in [0.3, 0.4) is 0 Å². The number of nitrogens with one attached hydrogen (secondary N) is 2. The lowest BCUT2D eigenvalue weighted by Gasteiger charge is -2.07. The Bertz CT molecular complexity index is 964. The molecule has 25 heavy (non-hydrogen) atoms. The number of benzene rings is 1. The molecule has 0 spiro atoms. The van der Waals surface area contributed by atoms with Crippen LogP contribution in [0.15, 0.2) is 46.0 Å². The second-order valence-corrected chi connectivity index (χ2v) is 9.12. The number of carbonyl (C=O) groups is 1. The van der Waals surface area contributed by atoms with Gasteiger partial charge in [0.2, 0.25) is 11.0 Å². The van der Waals surface area contributed by atoms with Crippen molar-refractivity contribution in [2.24, 2.45) is 0 Å². The van der Waals surface area contributed by atoms with Crippen LogP contribution in [0.4, 0.5) is 10.8 Å². The third kappa shape index (κ3) is 4.62. The Labute approximate surface area is 152 Å². The quantitative estimate of drug-likeness (QED) is 0.669. The van der Waals surface area contributed by atoms with Gasteiger partial charge in [-0.2, -0.15) is 0 Å². The van der Waals surface area contributed by atoms with Crippen molar-refractivity contribution in [3.8, 4) is 0 Å². The van der Waals surface area contributed by atoms with Gasteiger partial charge in [-0.05, 0) is 36.1 Å². The van der Waals surface area contributed by atoms with Gasteiger partial charge in [0.1, 0.15) is 9.22 Å². The summed E-state index contributed by atoms with van der Waals surface area (Å²) in [6, 6.07) is 9.89. The molecule has 0 saturated heterocycles. The second kappa shape index (κ2) is 7.30. The molecule has 2 N–H and O–H groups in total. The van der Waals surface area contributed by atoms with Gasteiger partial charge in [-0.1, -0.05) is 29.5 Å². The zero-order chi connectivity index (χ0) is 17.9. The van der Waals surface area contributed by atoms with Crippen LogP contribution in [0.2, 0.25) is 0 Å². The normalized spacial score (nSPS) is 11.2. The van der Waals surface area contributed by atoms with Gasteiger partial charge in [0, 0.05) is 5.69 Å². The summed E-state index contributed by atoms with van der Waals surface area (Å²) in [4.78, 5) is 12.0. The predicted molar refractivity (Wildman–Crippen MR) is 98.5 cm³/mol. The molecule has 0 saturated carbocycles. The number of hydrogen-bond acceptors (Lipinski definition) is 7. The first-order chi connectivity index (χ1) is 11.9. The number of nitrogens with zero attached hydrogens (tertiary/aromatic N) is 2. The van der Waals surface area contributed by atoms with Crippen molar-refractivity contribution in [2.45, 2.75) is 17.6 Å². The molecule has 0 atom stereocenters.